The van der Waals surface area contributed by atoms with Crippen LogP contribution in [0.5, 0.6) is 11.5 Å². The van der Waals surface area contributed by atoms with Crippen LogP contribution in [0.25, 0.3) is 16.9 Å². The second-order valence-electron chi connectivity index (χ2n) is 5.73. The molecule has 5 nitrogen and oxygen atoms in total. The van der Waals surface area contributed by atoms with Gasteiger partial charge in [-0.2, -0.15) is 11.3 Å². The maximum atomic E-state index is 5.69. The summed E-state index contributed by atoms with van der Waals surface area (Å²) in [6, 6.07) is 14.0. The Hall–Kier alpha value is -2.99. The van der Waals surface area contributed by atoms with Crippen molar-refractivity contribution in [3.63, 3.8) is 0 Å². The fourth-order valence-corrected chi connectivity index (χ4v) is 3.61. The molecule has 0 amide bonds. The van der Waals surface area contributed by atoms with Crippen LogP contribution >= 0.6 is 11.3 Å². The third kappa shape index (κ3) is 2.51. The van der Waals surface area contributed by atoms with Crippen LogP contribution in [0, 0.1) is 0 Å². The molecule has 4 heterocycles. The number of fused-ring (bicyclic) bond motifs is 2. The van der Waals surface area contributed by atoms with E-state index in [4.69, 9.17) is 14.5 Å². The topological polar surface area (TPSA) is 47.8 Å². The molecule has 0 aliphatic carbocycles. The lowest BCUT2D eigenvalue weighted by atomic mass is 10.2. The Morgan fingerprint density at radius 2 is 1.96 bits per heavy atom. The lowest BCUT2D eigenvalue weighted by Gasteiger charge is -2.19. The van der Waals surface area contributed by atoms with E-state index in [-0.39, 0.29) is 0 Å². The monoisotopic (exact) mass is 349 g/mol. The maximum absolute atomic E-state index is 5.69. The molecule has 0 unspecified atom stereocenters. The number of ether oxygens (including phenoxy) is 2. The van der Waals surface area contributed by atoms with Crippen molar-refractivity contribution in [3.05, 3.63) is 59.4 Å². The first-order chi connectivity index (χ1) is 12.4. The van der Waals surface area contributed by atoms with E-state index >= 15 is 0 Å². The predicted molar refractivity (Wildman–Crippen MR) is 99.2 cm³/mol. The van der Waals surface area contributed by atoms with Crippen molar-refractivity contribution in [3.8, 4) is 22.8 Å². The summed E-state index contributed by atoms with van der Waals surface area (Å²) < 4.78 is 13.3. The number of hydrogen-bond acceptors (Lipinski definition) is 5. The summed E-state index contributed by atoms with van der Waals surface area (Å²) >= 11 is 1.66. The highest BCUT2D eigenvalue weighted by molar-refractivity contribution is 7.08. The van der Waals surface area contributed by atoms with Crippen LogP contribution in [0.1, 0.15) is 0 Å². The van der Waals surface area contributed by atoms with Gasteiger partial charge in [0, 0.05) is 28.9 Å². The molecule has 0 radical (unpaired) electrons. The van der Waals surface area contributed by atoms with Gasteiger partial charge in [0.15, 0.2) is 11.5 Å². The molecule has 0 bridgehead atoms. The van der Waals surface area contributed by atoms with Crippen molar-refractivity contribution in [2.45, 2.75) is 0 Å². The molecule has 25 heavy (non-hydrogen) atoms. The van der Waals surface area contributed by atoms with E-state index in [9.17, 15) is 0 Å². The van der Waals surface area contributed by atoms with Gasteiger partial charge in [0.05, 0.1) is 0 Å². The zero-order chi connectivity index (χ0) is 16.6. The Labute approximate surface area is 148 Å². The minimum absolute atomic E-state index is 0.576. The summed E-state index contributed by atoms with van der Waals surface area (Å²) in [5, 5.41) is 7.67. The Balaban J connectivity index is 1.61. The van der Waals surface area contributed by atoms with Gasteiger partial charge in [-0.1, -0.05) is 6.07 Å². The summed E-state index contributed by atoms with van der Waals surface area (Å²) in [6.45, 7) is 1.17. The number of rotatable bonds is 3. The molecular formula is C19H15N3O2S. The van der Waals surface area contributed by atoms with E-state index in [1.807, 2.05) is 42.6 Å². The number of benzene rings is 1. The normalized spacial score (nSPS) is 13.1. The SMILES string of the molecule is c1ccn2c(Nc3ccc4c(c3)OCCO4)c(-c3ccsc3)nc2c1. The molecule has 0 atom stereocenters. The molecule has 124 valence electrons. The Morgan fingerprint density at radius 1 is 1.04 bits per heavy atom. The summed E-state index contributed by atoms with van der Waals surface area (Å²) in [4.78, 5) is 4.79. The zero-order valence-corrected chi connectivity index (χ0v) is 14.1. The summed E-state index contributed by atoms with van der Waals surface area (Å²) in [7, 11) is 0. The second-order valence-corrected chi connectivity index (χ2v) is 6.51. The van der Waals surface area contributed by atoms with Crippen molar-refractivity contribution in [1.82, 2.24) is 9.38 Å². The summed E-state index contributed by atoms with van der Waals surface area (Å²) in [5.41, 5.74) is 3.88. The van der Waals surface area contributed by atoms with Gasteiger partial charge in [0.25, 0.3) is 0 Å². The van der Waals surface area contributed by atoms with Gasteiger partial charge in [-0.15, -0.1) is 0 Å². The number of nitrogens with one attached hydrogen (secondary N) is 1. The van der Waals surface area contributed by atoms with Crippen molar-refractivity contribution >= 4 is 28.5 Å². The molecule has 0 saturated carbocycles. The summed E-state index contributed by atoms with van der Waals surface area (Å²) in [5.74, 6) is 2.49. The average molecular weight is 349 g/mol. The van der Waals surface area contributed by atoms with E-state index in [2.05, 4.69) is 26.5 Å². The van der Waals surface area contributed by atoms with Crippen LogP contribution in [0.2, 0.25) is 0 Å². The maximum Gasteiger partial charge on any atom is 0.163 e. The van der Waals surface area contributed by atoms with Crippen molar-refractivity contribution in [2.75, 3.05) is 18.5 Å². The van der Waals surface area contributed by atoms with Crippen molar-refractivity contribution in [2.24, 2.45) is 0 Å². The third-order valence-corrected chi connectivity index (χ3v) is 4.81. The quantitative estimate of drug-likeness (QED) is 0.588. The van der Waals surface area contributed by atoms with E-state index in [1.54, 1.807) is 11.3 Å². The van der Waals surface area contributed by atoms with Crippen molar-refractivity contribution < 1.29 is 9.47 Å². The van der Waals surface area contributed by atoms with E-state index in [1.165, 1.54) is 0 Å². The molecule has 0 fully saturated rings. The predicted octanol–water partition coefficient (Wildman–Crippen LogP) is 4.58. The first kappa shape index (κ1) is 14.4. The molecule has 4 aromatic rings. The van der Waals surface area contributed by atoms with Crippen LogP contribution in [0.15, 0.2) is 59.4 Å². The molecule has 0 saturated heterocycles. The van der Waals surface area contributed by atoms with Crippen LogP contribution in [0.3, 0.4) is 0 Å². The number of imidazole rings is 1. The third-order valence-electron chi connectivity index (χ3n) is 4.13. The Bertz CT molecular complexity index is 1040. The van der Waals surface area contributed by atoms with Gasteiger partial charge in [-0.3, -0.25) is 4.40 Å². The second kappa shape index (κ2) is 5.82. The molecular weight excluding hydrogens is 334 g/mol. The Morgan fingerprint density at radius 3 is 2.84 bits per heavy atom. The number of thiophene rings is 1. The van der Waals surface area contributed by atoms with Crippen molar-refractivity contribution in [1.29, 1.82) is 0 Å². The van der Waals surface area contributed by atoms with Crippen LogP contribution < -0.4 is 14.8 Å². The van der Waals surface area contributed by atoms with Crippen LogP contribution in [0.4, 0.5) is 11.5 Å². The van der Waals surface area contributed by atoms with Gasteiger partial charge in [-0.05, 0) is 35.7 Å². The molecule has 1 aliphatic heterocycles. The first-order valence-electron chi connectivity index (χ1n) is 8.05. The standard InChI is InChI=1S/C19H15N3O2S/c1-2-7-22-17(3-1)21-18(13-6-10-25-12-13)19(22)20-14-4-5-15-16(11-14)24-9-8-23-15/h1-7,10-12,20H,8-9H2. The highest BCUT2D eigenvalue weighted by atomic mass is 32.1. The highest BCUT2D eigenvalue weighted by Crippen LogP contribution is 2.36. The first-order valence-corrected chi connectivity index (χ1v) is 8.99. The van der Waals surface area contributed by atoms with E-state index < -0.39 is 0 Å². The lowest BCUT2D eigenvalue weighted by Crippen LogP contribution is -2.15. The number of pyridine rings is 1. The number of aromatic nitrogens is 2. The Kier molecular flexibility index (Phi) is 3.34. The number of nitrogens with zero attached hydrogens (tertiary/aromatic N) is 2. The fraction of sp³-hybridized carbons (Fsp3) is 0.105. The summed E-state index contributed by atoms with van der Waals surface area (Å²) in [6.07, 6.45) is 2.01. The fourth-order valence-electron chi connectivity index (χ4n) is 2.97. The van der Waals surface area contributed by atoms with Crippen LogP contribution in [-0.2, 0) is 0 Å². The van der Waals surface area contributed by atoms with Gasteiger partial charge >= 0.3 is 0 Å². The molecule has 1 aromatic carbocycles. The van der Waals surface area contributed by atoms with Gasteiger partial charge in [0.1, 0.15) is 30.4 Å². The van der Waals surface area contributed by atoms with Crippen LogP contribution in [-0.4, -0.2) is 22.6 Å². The highest BCUT2D eigenvalue weighted by Gasteiger charge is 2.16. The lowest BCUT2D eigenvalue weighted by molar-refractivity contribution is 0.171. The molecule has 0 spiro atoms. The molecule has 5 rings (SSSR count). The molecule has 1 N–H and O–H groups in total. The van der Waals surface area contributed by atoms with Gasteiger partial charge in [-0.25, -0.2) is 4.98 Å². The smallest absolute Gasteiger partial charge is 0.163 e. The minimum atomic E-state index is 0.576. The molecule has 1 aliphatic rings. The minimum Gasteiger partial charge on any atom is -0.486 e. The number of anilines is 2. The average Bonchev–Trinajstić information content (AvgIpc) is 3.30. The largest absolute Gasteiger partial charge is 0.486 e. The van der Waals surface area contributed by atoms with E-state index in [0.717, 1.165) is 39.9 Å². The van der Waals surface area contributed by atoms with Gasteiger partial charge < -0.3 is 14.8 Å². The van der Waals surface area contributed by atoms with E-state index in [0.29, 0.717) is 13.2 Å². The molecule has 6 heteroatoms. The number of hydrogen-bond donors (Lipinski definition) is 1. The van der Waals surface area contributed by atoms with Gasteiger partial charge in [0.2, 0.25) is 0 Å². The molecule has 3 aromatic heterocycles. The zero-order valence-electron chi connectivity index (χ0n) is 13.3.